The number of amides is 1. The van der Waals surface area contributed by atoms with Crippen LogP contribution in [0.5, 0.6) is 0 Å². The maximum atomic E-state index is 12.9. The number of ether oxygens (including phenoxy) is 1. The van der Waals surface area contributed by atoms with E-state index in [2.05, 4.69) is 4.98 Å². The molecular weight excluding hydrogens is 278 g/mol. The fourth-order valence-electron chi connectivity index (χ4n) is 3.68. The molecule has 2 aromatic heterocycles. The standard InChI is InChI=1S/C17H21N3O2/c1-12-6-7-19-11-13(18-16(19)10-12)17(21)20-8-9-22-15-5-3-2-4-14(15)20/h6-7,10-11,14-15H,2-5,8-9H2,1H3/t14-,15-/m0/s1. The molecule has 0 spiro atoms. The maximum Gasteiger partial charge on any atom is 0.274 e. The van der Waals surface area contributed by atoms with Crippen molar-refractivity contribution in [3.8, 4) is 0 Å². The smallest absolute Gasteiger partial charge is 0.274 e. The van der Waals surface area contributed by atoms with Gasteiger partial charge in [-0.2, -0.15) is 0 Å². The minimum atomic E-state index is 0.0431. The monoisotopic (exact) mass is 299 g/mol. The molecule has 22 heavy (non-hydrogen) atoms. The molecule has 5 heteroatoms. The fourth-order valence-corrected chi connectivity index (χ4v) is 3.68. The van der Waals surface area contributed by atoms with Gasteiger partial charge in [0.1, 0.15) is 11.3 Å². The van der Waals surface area contributed by atoms with E-state index in [1.54, 1.807) is 0 Å². The minimum absolute atomic E-state index is 0.0431. The lowest BCUT2D eigenvalue weighted by molar-refractivity contribution is -0.0754. The van der Waals surface area contributed by atoms with Gasteiger partial charge < -0.3 is 14.0 Å². The van der Waals surface area contributed by atoms with Crippen LogP contribution in [0.3, 0.4) is 0 Å². The normalized spacial score (nSPS) is 25.2. The summed E-state index contributed by atoms with van der Waals surface area (Å²) in [5.41, 5.74) is 2.52. The van der Waals surface area contributed by atoms with E-state index in [9.17, 15) is 4.79 Å². The number of hydrogen-bond donors (Lipinski definition) is 0. The summed E-state index contributed by atoms with van der Waals surface area (Å²) in [6, 6.07) is 4.25. The van der Waals surface area contributed by atoms with Crippen molar-refractivity contribution >= 4 is 11.6 Å². The Labute approximate surface area is 129 Å². The highest BCUT2D eigenvalue weighted by atomic mass is 16.5. The molecule has 0 unspecified atom stereocenters. The number of fused-ring (bicyclic) bond motifs is 2. The van der Waals surface area contributed by atoms with Crippen molar-refractivity contribution in [1.29, 1.82) is 0 Å². The molecular formula is C17H21N3O2. The molecule has 2 atom stereocenters. The molecule has 0 bridgehead atoms. The molecule has 0 N–H and O–H groups in total. The Morgan fingerprint density at radius 2 is 2.23 bits per heavy atom. The van der Waals surface area contributed by atoms with E-state index in [1.165, 1.54) is 12.8 Å². The molecule has 1 saturated heterocycles. The van der Waals surface area contributed by atoms with E-state index in [-0.39, 0.29) is 18.1 Å². The highest BCUT2D eigenvalue weighted by Gasteiger charge is 2.37. The lowest BCUT2D eigenvalue weighted by atomic mass is 9.90. The second-order valence-corrected chi connectivity index (χ2v) is 6.36. The van der Waals surface area contributed by atoms with Crippen LogP contribution in [-0.2, 0) is 4.74 Å². The van der Waals surface area contributed by atoms with Gasteiger partial charge in [0.15, 0.2) is 0 Å². The average Bonchev–Trinajstić information content (AvgIpc) is 2.96. The van der Waals surface area contributed by atoms with Gasteiger partial charge >= 0.3 is 0 Å². The Morgan fingerprint density at radius 3 is 3.14 bits per heavy atom. The molecule has 116 valence electrons. The molecule has 1 aliphatic heterocycles. The lowest BCUT2D eigenvalue weighted by Gasteiger charge is -2.43. The Morgan fingerprint density at radius 1 is 1.36 bits per heavy atom. The predicted octanol–water partition coefficient (Wildman–Crippen LogP) is 2.43. The second-order valence-electron chi connectivity index (χ2n) is 6.36. The number of aromatic nitrogens is 2. The Bertz CT molecular complexity index is 707. The summed E-state index contributed by atoms with van der Waals surface area (Å²) >= 11 is 0. The number of aryl methyl sites for hydroxylation is 1. The molecule has 1 aliphatic carbocycles. The first-order valence-electron chi connectivity index (χ1n) is 8.10. The van der Waals surface area contributed by atoms with Crippen LogP contribution in [0.15, 0.2) is 24.5 Å². The largest absolute Gasteiger partial charge is 0.374 e. The van der Waals surface area contributed by atoms with E-state index in [4.69, 9.17) is 4.74 Å². The lowest BCUT2D eigenvalue weighted by Crippen LogP contribution is -2.54. The molecule has 2 fully saturated rings. The van der Waals surface area contributed by atoms with Gasteiger partial charge in [-0.3, -0.25) is 4.79 Å². The number of morpholine rings is 1. The highest BCUT2D eigenvalue weighted by molar-refractivity contribution is 5.93. The van der Waals surface area contributed by atoms with Crippen LogP contribution in [0, 0.1) is 6.92 Å². The van der Waals surface area contributed by atoms with Crippen LogP contribution in [-0.4, -0.2) is 45.5 Å². The third-order valence-corrected chi connectivity index (χ3v) is 4.83. The average molecular weight is 299 g/mol. The van der Waals surface area contributed by atoms with Crippen molar-refractivity contribution in [2.24, 2.45) is 0 Å². The van der Waals surface area contributed by atoms with Gasteiger partial charge in [-0.25, -0.2) is 4.98 Å². The summed E-state index contributed by atoms with van der Waals surface area (Å²) in [6.45, 7) is 3.34. The molecule has 3 heterocycles. The summed E-state index contributed by atoms with van der Waals surface area (Å²) in [5.74, 6) is 0.0431. The zero-order valence-corrected chi connectivity index (χ0v) is 12.9. The molecule has 1 amide bonds. The van der Waals surface area contributed by atoms with Crippen LogP contribution in [0.25, 0.3) is 5.65 Å². The van der Waals surface area contributed by atoms with Gasteiger partial charge in [0.2, 0.25) is 0 Å². The Kier molecular flexibility index (Phi) is 3.37. The first-order valence-corrected chi connectivity index (χ1v) is 8.10. The Hall–Kier alpha value is -1.88. The summed E-state index contributed by atoms with van der Waals surface area (Å²) in [4.78, 5) is 19.4. The van der Waals surface area contributed by atoms with Crippen LogP contribution in [0.2, 0.25) is 0 Å². The van der Waals surface area contributed by atoms with Crippen molar-refractivity contribution < 1.29 is 9.53 Å². The first-order chi connectivity index (χ1) is 10.7. The van der Waals surface area contributed by atoms with Crippen LogP contribution in [0.1, 0.15) is 41.7 Å². The molecule has 2 aromatic rings. The zero-order chi connectivity index (χ0) is 15.1. The van der Waals surface area contributed by atoms with Crippen LogP contribution < -0.4 is 0 Å². The van der Waals surface area contributed by atoms with E-state index in [1.807, 2.05) is 40.8 Å². The van der Waals surface area contributed by atoms with Gasteiger partial charge in [-0.05, 0) is 37.5 Å². The van der Waals surface area contributed by atoms with Gasteiger partial charge in [0.25, 0.3) is 5.91 Å². The SMILES string of the molecule is Cc1ccn2cc(C(=O)N3CCO[C@H]4CCCC[C@@H]43)nc2c1. The molecule has 1 saturated carbocycles. The van der Waals surface area contributed by atoms with Gasteiger partial charge in [-0.1, -0.05) is 12.8 Å². The van der Waals surface area contributed by atoms with Crippen LogP contribution in [0.4, 0.5) is 0 Å². The molecule has 0 aromatic carbocycles. The number of rotatable bonds is 1. The molecule has 2 aliphatic rings. The molecule has 5 nitrogen and oxygen atoms in total. The summed E-state index contributed by atoms with van der Waals surface area (Å²) in [5, 5.41) is 0. The van der Waals surface area contributed by atoms with Crippen molar-refractivity contribution in [1.82, 2.24) is 14.3 Å². The molecule has 4 rings (SSSR count). The van der Waals surface area contributed by atoms with E-state index < -0.39 is 0 Å². The number of pyridine rings is 1. The molecule has 0 radical (unpaired) electrons. The first kappa shape index (κ1) is 13.8. The second kappa shape index (κ2) is 5.39. The van der Waals surface area contributed by atoms with E-state index in [0.29, 0.717) is 18.8 Å². The fraction of sp³-hybridized carbons (Fsp3) is 0.529. The predicted molar refractivity (Wildman–Crippen MR) is 83.0 cm³/mol. The number of hydrogen-bond acceptors (Lipinski definition) is 3. The number of imidazole rings is 1. The number of carbonyl (C=O) groups is 1. The van der Waals surface area contributed by atoms with Crippen LogP contribution >= 0.6 is 0 Å². The highest BCUT2D eigenvalue weighted by Crippen LogP contribution is 2.29. The summed E-state index contributed by atoms with van der Waals surface area (Å²) < 4.78 is 7.77. The summed E-state index contributed by atoms with van der Waals surface area (Å²) in [6.07, 6.45) is 8.50. The van der Waals surface area contributed by atoms with Crippen molar-refractivity contribution in [2.45, 2.75) is 44.8 Å². The van der Waals surface area contributed by atoms with E-state index >= 15 is 0 Å². The quantitative estimate of drug-likeness (QED) is 0.812. The van der Waals surface area contributed by atoms with Gasteiger partial charge in [-0.15, -0.1) is 0 Å². The third kappa shape index (κ3) is 2.29. The number of nitrogens with zero attached hydrogens (tertiary/aromatic N) is 3. The topological polar surface area (TPSA) is 46.8 Å². The number of carbonyl (C=O) groups excluding carboxylic acids is 1. The maximum absolute atomic E-state index is 12.9. The zero-order valence-electron chi connectivity index (χ0n) is 12.9. The van der Waals surface area contributed by atoms with Crippen molar-refractivity contribution in [2.75, 3.05) is 13.2 Å². The van der Waals surface area contributed by atoms with Gasteiger partial charge in [0, 0.05) is 18.9 Å². The van der Waals surface area contributed by atoms with E-state index in [0.717, 1.165) is 24.1 Å². The van der Waals surface area contributed by atoms with Crippen molar-refractivity contribution in [3.05, 3.63) is 35.8 Å². The summed E-state index contributed by atoms with van der Waals surface area (Å²) in [7, 11) is 0. The van der Waals surface area contributed by atoms with Gasteiger partial charge in [0.05, 0.1) is 18.8 Å². The van der Waals surface area contributed by atoms with Crippen molar-refractivity contribution in [3.63, 3.8) is 0 Å². The minimum Gasteiger partial charge on any atom is -0.374 e. The Balaban J connectivity index is 1.64. The third-order valence-electron chi connectivity index (χ3n) is 4.83.